The van der Waals surface area contributed by atoms with Gasteiger partial charge in [-0.15, -0.1) is 0 Å². The molecule has 1 aliphatic rings. The lowest BCUT2D eigenvalue weighted by atomic mass is 9.89. The standard InChI is InChI=1S/C26H42N4O4.C2H6/c1-18(6-5-13-29-25(33)34-26(2,3)4)16-23(31)30-22(24(27)32)17-19-7-9-20(10-8-19)21-11-14-28-15-12-21;1-2/h7-10,18,21-22,28H,5-6,11-17H2,1-4H3,(H2,27,32)(H,29,33)(H,30,31);1-2H3. The largest absolute Gasteiger partial charge is 0.444 e. The van der Waals surface area contributed by atoms with Crippen LogP contribution in [-0.2, 0) is 20.7 Å². The maximum Gasteiger partial charge on any atom is 0.407 e. The Balaban J connectivity index is 0.00000316. The maximum atomic E-state index is 12.5. The summed E-state index contributed by atoms with van der Waals surface area (Å²) in [6.45, 7) is 14.0. The van der Waals surface area contributed by atoms with Gasteiger partial charge in [0.05, 0.1) is 0 Å². The zero-order valence-corrected chi connectivity index (χ0v) is 23.1. The van der Waals surface area contributed by atoms with Crippen molar-refractivity contribution in [2.75, 3.05) is 19.6 Å². The number of benzene rings is 1. The number of alkyl carbamates (subject to hydrolysis) is 1. The van der Waals surface area contributed by atoms with Gasteiger partial charge in [-0.05, 0) is 82.5 Å². The van der Waals surface area contributed by atoms with Crippen LogP contribution in [0.4, 0.5) is 4.79 Å². The van der Waals surface area contributed by atoms with Gasteiger partial charge in [0.15, 0.2) is 0 Å². The van der Waals surface area contributed by atoms with Crippen LogP contribution < -0.4 is 21.7 Å². The van der Waals surface area contributed by atoms with Crippen molar-refractivity contribution in [3.63, 3.8) is 0 Å². The third kappa shape index (κ3) is 12.9. The van der Waals surface area contributed by atoms with E-state index in [1.54, 1.807) is 0 Å². The second-order valence-electron chi connectivity index (χ2n) is 10.4. The fraction of sp³-hybridized carbons (Fsp3) is 0.679. The lowest BCUT2D eigenvalue weighted by Crippen LogP contribution is -2.46. The molecule has 0 spiro atoms. The molecular weight excluding hydrogens is 456 g/mol. The van der Waals surface area contributed by atoms with E-state index in [0.717, 1.165) is 44.3 Å². The van der Waals surface area contributed by atoms with Crippen molar-refractivity contribution in [1.29, 1.82) is 0 Å². The molecule has 2 atom stereocenters. The molecule has 2 rings (SSSR count). The highest BCUT2D eigenvalue weighted by molar-refractivity contribution is 5.86. The summed E-state index contributed by atoms with van der Waals surface area (Å²) < 4.78 is 5.20. The highest BCUT2D eigenvalue weighted by atomic mass is 16.6. The first-order valence-electron chi connectivity index (χ1n) is 13.4. The first kappa shape index (κ1) is 31.4. The molecule has 1 fully saturated rings. The van der Waals surface area contributed by atoms with Gasteiger partial charge in [0, 0.05) is 19.4 Å². The summed E-state index contributed by atoms with van der Waals surface area (Å²) in [4.78, 5) is 36.1. The van der Waals surface area contributed by atoms with Gasteiger partial charge in [-0.1, -0.05) is 45.0 Å². The summed E-state index contributed by atoms with van der Waals surface area (Å²) in [7, 11) is 0. The van der Waals surface area contributed by atoms with Crippen molar-refractivity contribution in [3.8, 4) is 0 Å². The smallest absolute Gasteiger partial charge is 0.407 e. The summed E-state index contributed by atoms with van der Waals surface area (Å²) in [6.07, 6.45) is 4.00. The summed E-state index contributed by atoms with van der Waals surface area (Å²) in [5, 5.41) is 8.90. The number of carbonyl (C=O) groups is 3. The Morgan fingerprint density at radius 3 is 2.28 bits per heavy atom. The van der Waals surface area contributed by atoms with Crippen molar-refractivity contribution >= 4 is 17.9 Å². The Kier molecular flexibility index (Phi) is 14.1. The number of hydrogen-bond donors (Lipinski definition) is 4. The molecular formula is C28H48N4O4. The van der Waals surface area contributed by atoms with Crippen LogP contribution in [0.15, 0.2) is 24.3 Å². The topological polar surface area (TPSA) is 123 Å². The third-order valence-corrected chi connectivity index (χ3v) is 5.98. The summed E-state index contributed by atoms with van der Waals surface area (Å²) in [5.41, 5.74) is 7.34. The van der Waals surface area contributed by atoms with E-state index >= 15 is 0 Å². The van der Waals surface area contributed by atoms with Crippen LogP contribution in [0, 0.1) is 5.92 Å². The van der Waals surface area contributed by atoms with Crippen LogP contribution >= 0.6 is 0 Å². The highest BCUT2D eigenvalue weighted by Gasteiger charge is 2.21. The van der Waals surface area contributed by atoms with Gasteiger partial charge in [0.25, 0.3) is 0 Å². The van der Waals surface area contributed by atoms with Crippen LogP contribution in [-0.4, -0.2) is 49.2 Å². The fourth-order valence-corrected chi connectivity index (χ4v) is 4.17. The number of piperidine rings is 1. The van der Waals surface area contributed by atoms with Gasteiger partial charge in [-0.25, -0.2) is 4.79 Å². The van der Waals surface area contributed by atoms with Crippen LogP contribution in [0.5, 0.6) is 0 Å². The van der Waals surface area contributed by atoms with E-state index in [1.807, 2.05) is 53.7 Å². The molecule has 1 aliphatic heterocycles. The average Bonchev–Trinajstić information content (AvgIpc) is 2.82. The van der Waals surface area contributed by atoms with E-state index in [1.165, 1.54) is 5.56 Å². The van der Waals surface area contributed by atoms with Crippen LogP contribution in [0.1, 0.15) is 90.7 Å². The molecule has 1 aromatic carbocycles. The summed E-state index contributed by atoms with van der Waals surface area (Å²) >= 11 is 0. The minimum Gasteiger partial charge on any atom is -0.444 e. The molecule has 204 valence electrons. The van der Waals surface area contributed by atoms with Crippen molar-refractivity contribution in [2.45, 2.75) is 97.6 Å². The number of amides is 3. The first-order chi connectivity index (χ1) is 17.0. The molecule has 1 aromatic rings. The molecule has 1 saturated heterocycles. The predicted octanol–water partition coefficient (Wildman–Crippen LogP) is 4.02. The zero-order chi connectivity index (χ0) is 27.1. The molecule has 0 saturated carbocycles. The fourth-order valence-electron chi connectivity index (χ4n) is 4.17. The Hall–Kier alpha value is -2.61. The van der Waals surface area contributed by atoms with E-state index in [2.05, 4.69) is 28.1 Å². The second kappa shape index (κ2) is 16.2. The van der Waals surface area contributed by atoms with E-state index in [0.29, 0.717) is 25.3 Å². The zero-order valence-electron chi connectivity index (χ0n) is 23.1. The third-order valence-electron chi connectivity index (χ3n) is 5.98. The summed E-state index contributed by atoms with van der Waals surface area (Å²) in [5.74, 6) is -0.0475. The van der Waals surface area contributed by atoms with Crippen LogP contribution in [0.3, 0.4) is 0 Å². The van der Waals surface area contributed by atoms with Gasteiger partial charge in [-0.2, -0.15) is 0 Å². The molecule has 1 heterocycles. The van der Waals surface area contributed by atoms with Gasteiger partial charge in [-0.3, -0.25) is 9.59 Å². The van der Waals surface area contributed by atoms with Crippen LogP contribution in [0.2, 0.25) is 0 Å². The SMILES string of the molecule is CC.CC(CCCNC(=O)OC(C)(C)C)CC(=O)NC(Cc1ccc(C2CCNCC2)cc1)C(N)=O. The van der Waals surface area contributed by atoms with Crippen molar-refractivity contribution in [2.24, 2.45) is 11.7 Å². The number of carbonyl (C=O) groups excluding carboxylic acids is 3. The lowest BCUT2D eigenvalue weighted by Gasteiger charge is -2.23. The maximum absolute atomic E-state index is 12.5. The van der Waals surface area contributed by atoms with E-state index in [4.69, 9.17) is 10.5 Å². The Morgan fingerprint density at radius 2 is 1.72 bits per heavy atom. The molecule has 0 radical (unpaired) electrons. The Labute approximate surface area is 217 Å². The quantitative estimate of drug-likeness (QED) is 0.339. The van der Waals surface area contributed by atoms with Crippen molar-refractivity contribution in [1.82, 2.24) is 16.0 Å². The number of hydrogen-bond acceptors (Lipinski definition) is 5. The Bertz CT molecular complexity index is 799. The molecule has 8 nitrogen and oxygen atoms in total. The first-order valence-corrected chi connectivity index (χ1v) is 13.4. The molecule has 0 bridgehead atoms. The number of ether oxygens (including phenoxy) is 1. The Morgan fingerprint density at radius 1 is 1.11 bits per heavy atom. The lowest BCUT2D eigenvalue weighted by molar-refractivity contribution is -0.127. The molecule has 5 N–H and O–H groups in total. The number of nitrogens with one attached hydrogen (secondary N) is 3. The van der Waals surface area contributed by atoms with Crippen molar-refractivity contribution in [3.05, 3.63) is 35.4 Å². The normalized spacial score (nSPS) is 15.6. The van der Waals surface area contributed by atoms with Gasteiger partial charge in [0.2, 0.25) is 11.8 Å². The van der Waals surface area contributed by atoms with E-state index < -0.39 is 23.6 Å². The monoisotopic (exact) mass is 504 g/mol. The minimum atomic E-state index is -0.738. The molecule has 0 aromatic heterocycles. The molecule has 3 amide bonds. The van der Waals surface area contributed by atoms with Crippen molar-refractivity contribution < 1.29 is 19.1 Å². The number of rotatable bonds is 11. The average molecular weight is 505 g/mol. The van der Waals surface area contributed by atoms with E-state index in [-0.39, 0.29) is 11.8 Å². The highest BCUT2D eigenvalue weighted by Crippen LogP contribution is 2.25. The molecule has 8 heteroatoms. The van der Waals surface area contributed by atoms with Gasteiger partial charge in [0.1, 0.15) is 11.6 Å². The number of nitrogens with two attached hydrogens (primary N) is 1. The van der Waals surface area contributed by atoms with E-state index in [9.17, 15) is 14.4 Å². The summed E-state index contributed by atoms with van der Waals surface area (Å²) in [6, 6.07) is 7.56. The molecule has 2 unspecified atom stereocenters. The minimum absolute atomic E-state index is 0.109. The second-order valence-corrected chi connectivity index (χ2v) is 10.4. The predicted molar refractivity (Wildman–Crippen MR) is 145 cm³/mol. The van der Waals surface area contributed by atoms with Gasteiger partial charge >= 0.3 is 6.09 Å². The molecule has 36 heavy (non-hydrogen) atoms. The van der Waals surface area contributed by atoms with Crippen LogP contribution in [0.25, 0.3) is 0 Å². The van der Waals surface area contributed by atoms with Gasteiger partial charge < -0.3 is 26.4 Å². The molecule has 0 aliphatic carbocycles. The number of primary amides is 1.